The van der Waals surface area contributed by atoms with Crippen LogP contribution in [-0.2, 0) is 0 Å². The molecule has 1 heterocycles. The van der Waals surface area contributed by atoms with E-state index in [0.29, 0.717) is 11.3 Å². The Kier molecular flexibility index (Phi) is 6.94. The van der Waals surface area contributed by atoms with Gasteiger partial charge < -0.3 is 25.7 Å². The summed E-state index contributed by atoms with van der Waals surface area (Å²) in [5, 5.41) is 9.90. The number of rotatable bonds is 7. The quantitative estimate of drug-likeness (QED) is 0.432. The lowest BCUT2D eigenvalue weighted by atomic mass is 10.2. The molecule has 0 unspecified atom stereocenters. The van der Waals surface area contributed by atoms with Crippen molar-refractivity contribution in [1.29, 1.82) is 0 Å². The number of anilines is 2. The van der Waals surface area contributed by atoms with Gasteiger partial charge in [0.2, 0.25) is 0 Å². The number of hydrogen-bond donors (Lipinski definition) is 4. The van der Waals surface area contributed by atoms with Gasteiger partial charge in [-0.1, -0.05) is 0 Å². The van der Waals surface area contributed by atoms with Gasteiger partial charge in [-0.2, -0.15) is 0 Å². The molecular formula is C21H18F2N4O4. The Morgan fingerprint density at radius 3 is 2.23 bits per heavy atom. The summed E-state index contributed by atoms with van der Waals surface area (Å²) in [5.74, 6) is -2.04. The van der Waals surface area contributed by atoms with Crippen molar-refractivity contribution in [3.8, 4) is 0 Å². The number of carbonyl (C=O) groups excluding carboxylic acids is 3. The summed E-state index contributed by atoms with van der Waals surface area (Å²) in [7, 11) is 0. The summed E-state index contributed by atoms with van der Waals surface area (Å²) < 4.78 is 31.7. The fourth-order valence-electron chi connectivity index (χ4n) is 2.53. The second-order valence-electron chi connectivity index (χ2n) is 6.27. The lowest BCUT2D eigenvalue weighted by molar-refractivity contribution is 0.0910. The van der Waals surface area contributed by atoms with Crippen molar-refractivity contribution in [2.45, 2.75) is 0 Å². The minimum absolute atomic E-state index is 0.179. The Balaban J connectivity index is 1.44. The van der Waals surface area contributed by atoms with Crippen LogP contribution in [0.2, 0.25) is 0 Å². The van der Waals surface area contributed by atoms with E-state index in [2.05, 4.69) is 21.3 Å². The molecule has 0 spiro atoms. The van der Waals surface area contributed by atoms with Gasteiger partial charge >= 0.3 is 6.03 Å². The molecule has 1 aromatic heterocycles. The molecule has 2 aromatic carbocycles. The van der Waals surface area contributed by atoms with Crippen molar-refractivity contribution in [3.05, 3.63) is 83.8 Å². The minimum atomic E-state index is -0.774. The Bertz CT molecular complexity index is 1070. The van der Waals surface area contributed by atoms with Crippen molar-refractivity contribution in [2.24, 2.45) is 0 Å². The highest BCUT2D eigenvalue weighted by Crippen LogP contribution is 2.16. The SMILES string of the molecule is O=C(Nc1ccc(C(=O)NCCNC(=O)c2ccco2)cc1)Nc1cc(F)ccc1F. The topological polar surface area (TPSA) is 112 Å². The smallest absolute Gasteiger partial charge is 0.323 e. The van der Waals surface area contributed by atoms with Crippen LogP contribution in [0.3, 0.4) is 0 Å². The Labute approximate surface area is 175 Å². The molecule has 0 saturated carbocycles. The Morgan fingerprint density at radius 1 is 0.839 bits per heavy atom. The Morgan fingerprint density at radius 2 is 1.55 bits per heavy atom. The summed E-state index contributed by atoms with van der Waals surface area (Å²) in [6.45, 7) is 0.411. The third kappa shape index (κ3) is 6.13. The molecule has 3 rings (SSSR count). The van der Waals surface area contributed by atoms with Crippen LogP contribution in [0.5, 0.6) is 0 Å². The number of benzene rings is 2. The number of amides is 4. The highest BCUT2D eigenvalue weighted by molar-refractivity contribution is 6.00. The molecule has 0 atom stereocenters. The molecule has 0 aliphatic carbocycles. The molecule has 4 amide bonds. The maximum atomic E-state index is 13.6. The van der Waals surface area contributed by atoms with Gasteiger partial charge in [-0.3, -0.25) is 9.59 Å². The highest BCUT2D eigenvalue weighted by Gasteiger charge is 2.10. The lowest BCUT2D eigenvalue weighted by Crippen LogP contribution is -2.34. The first-order valence-electron chi connectivity index (χ1n) is 9.15. The van der Waals surface area contributed by atoms with E-state index in [4.69, 9.17) is 4.42 Å². The molecule has 4 N–H and O–H groups in total. The van der Waals surface area contributed by atoms with E-state index in [1.807, 2.05) is 0 Å². The second kappa shape index (κ2) is 10.0. The van der Waals surface area contributed by atoms with Crippen LogP contribution in [0.4, 0.5) is 25.0 Å². The maximum absolute atomic E-state index is 13.6. The monoisotopic (exact) mass is 428 g/mol. The van der Waals surface area contributed by atoms with Crippen molar-refractivity contribution in [2.75, 3.05) is 23.7 Å². The first-order valence-corrected chi connectivity index (χ1v) is 9.15. The zero-order valence-electron chi connectivity index (χ0n) is 16.1. The molecule has 31 heavy (non-hydrogen) atoms. The third-order valence-corrected chi connectivity index (χ3v) is 4.02. The first kappa shape index (κ1) is 21.5. The number of nitrogens with one attached hydrogen (secondary N) is 4. The first-order chi connectivity index (χ1) is 14.9. The van der Waals surface area contributed by atoms with Gasteiger partial charge in [0, 0.05) is 30.4 Å². The summed E-state index contributed by atoms with van der Waals surface area (Å²) in [6.07, 6.45) is 1.39. The summed E-state index contributed by atoms with van der Waals surface area (Å²) >= 11 is 0. The average molecular weight is 428 g/mol. The number of furan rings is 1. The third-order valence-electron chi connectivity index (χ3n) is 4.02. The van der Waals surface area contributed by atoms with Crippen molar-refractivity contribution in [1.82, 2.24) is 10.6 Å². The van der Waals surface area contributed by atoms with Crippen molar-refractivity contribution < 1.29 is 27.6 Å². The summed E-state index contributed by atoms with van der Waals surface area (Å²) in [5.41, 5.74) is 0.378. The number of hydrogen-bond acceptors (Lipinski definition) is 4. The molecule has 0 bridgehead atoms. The fourth-order valence-corrected chi connectivity index (χ4v) is 2.53. The van der Waals surface area contributed by atoms with E-state index in [1.54, 1.807) is 6.07 Å². The predicted molar refractivity (Wildman–Crippen MR) is 109 cm³/mol. The van der Waals surface area contributed by atoms with Crippen LogP contribution in [0, 0.1) is 11.6 Å². The van der Waals surface area contributed by atoms with Gasteiger partial charge in [-0.25, -0.2) is 13.6 Å². The zero-order valence-corrected chi connectivity index (χ0v) is 16.1. The molecular weight excluding hydrogens is 410 g/mol. The van der Waals surface area contributed by atoms with Crippen molar-refractivity contribution in [3.63, 3.8) is 0 Å². The number of halogens is 2. The van der Waals surface area contributed by atoms with Gasteiger partial charge in [0.25, 0.3) is 11.8 Å². The van der Waals surface area contributed by atoms with E-state index in [9.17, 15) is 23.2 Å². The van der Waals surface area contributed by atoms with E-state index in [-0.39, 0.29) is 36.4 Å². The van der Waals surface area contributed by atoms with E-state index < -0.39 is 17.7 Å². The van der Waals surface area contributed by atoms with Crippen LogP contribution in [-0.4, -0.2) is 30.9 Å². The highest BCUT2D eigenvalue weighted by atomic mass is 19.1. The Hall–Kier alpha value is -4.21. The van der Waals surface area contributed by atoms with Crippen LogP contribution < -0.4 is 21.3 Å². The van der Waals surface area contributed by atoms with E-state index in [0.717, 1.165) is 18.2 Å². The summed E-state index contributed by atoms with van der Waals surface area (Å²) in [6, 6.07) is 11.0. The van der Waals surface area contributed by atoms with Crippen LogP contribution in [0.1, 0.15) is 20.9 Å². The number of urea groups is 1. The van der Waals surface area contributed by atoms with E-state index in [1.165, 1.54) is 36.6 Å². The van der Waals surface area contributed by atoms with E-state index >= 15 is 0 Å². The van der Waals surface area contributed by atoms with Crippen LogP contribution in [0.15, 0.2) is 65.3 Å². The molecule has 8 nitrogen and oxygen atoms in total. The molecule has 0 aliphatic heterocycles. The van der Waals surface area contributed by atoms with Gasteiger partial charge in [-0.15, -0.1) is 0 Å². The normalized spacial score (nSPS) is 10.3. The van der Waals surface area contributed by atoms with Gasteiger partial charge in [0.15, 0.2) is 5.76 Å². The maximum Gasteiger partial charge on any atom is 0.323 e. The van der Waals surface area contributed by atoms with Gasteiger partial charge in [0.05, 0.1) is 12.0 Å². The van der Waals surface area contributed by atoms with Gasteiger partial charge in [0.1, 0.15) is 11.6 Å². The zero-order chi connectivity index (χ0) is 22.2. The largest absolute Gasteiger partial charge is 0.459 e. The summed E-state index contributed by atoms with van der Waals surface area (Å²) in [4.78, 5) is 35.8. The molecule has 0 aliphatic rings. The predicted octanol–water partition coefficient (Wildman–Crippen LogP) is 3.36. The molecule has 0 saturated heterocycles. The standard InChI is InChI=1S/C21H18F2N4O4/c22-14-5-8-16(23)17(12-14)27-21(30)26-15-6-3-13(4-7-15)19(28)24-9-10-25-20(29)18-2-1-11-31-18/h1-8,11-12H,9-10H2,(H,24,28)(H,25,29)(H2,26,27,30). The second-order valence-corrected chi connectivity index (χ2v) is 6.27. The minimum Gasteiger partial charge on any atom is -0.459 e. The number of carbonyl (C=O) groups is 3. The van der Waals surface area contributed by atoms with Gasteiger partial charge in [-0.05, 0) is 48.5 Å². The fraction of sp³-hybridized carbons (Fsp3) is 0.0952. The average Bonchev–Trinajstić information content (AvgIpc) is 3.29. The molecule has 0 fully saturated rings. The molecule has 160 valence electrons. The van der Waals surface area contributed by atoms with Crippen molar-refractivity contribution >= 4 is 29.2 Å². The molecule has 3 aromatic rings. The lowest BCUT2D eigenvalue weighted by Gasteiger charge is -2.10. The molecule has 10 heteroatoms. The van der Waals surface area contributed by atoms with Crippen LogP contribution >= 0.6 is 0 Å². The van der Waals surface area contributed by atoms with Crippen LogP contribution in [0.25, 0.3) is 0 Å². The molecule has 0 radical (unpaired) electrons.